The number of carbonyl (C=O) groups is 1. The molecule has 0 aliphatic rings. The van der Waals surface area contributed by atoms with Crippen LogP contribution >= 0.6 is 34.8 Å². The van der Waals surface area contributed by atoms with Gasteiger partial charge >= 0.3 is 0 Å². The van der Waals surface area contributed by atoms with Crippen LogP contribution in [0.5, 0.6) is 0 Å². The Morgan fingerprint density at radius 3 is 2.10 bits per heavy atom. The molecule has 0 spiro atoms. The van der Waals surface area contributed by atoms with Crippen LogP contribution in [-0.2, 0) is 4.79 Å². The first-order valence-corrected chi connectivity index (χ1v) is 4.12. The monoisotopic (exact) mass is 202 g/mol. The number of hydrogen-bond acceptors (Lipinski definition) is 1. The number of alkyl halides is 2. The molecule has 0 amide bonds. The molecule has 1 unspecified atom stereocenters. The van der Waals surface area contributed by atoms with Gasteiger partial charge in [0.05, 0.1) is 5.92 Å². The molecule has 0 aromatic carbocycles. The van der Waals surface area contributed by atoms with Crippen molar-refractivity contribution in [3.8, 4) is 0 Å². The van der Waals surface area contributed by atoms with Crippen molar-refractivity contribution < 1.29 is 4.79 Å². The van der Waals surface area contributed by atoms with Crippen molar-refractivity contribution in [2.75, 3.05) is 0 Å². The lowest BCUT2D eigenvalue weighted by atomic mass is 10.1. The van der Waals surface area contributed by atoms with E-state index in [-0.39, 0.29) is 0 Å². The fraction of sp³-hybridized carbons (Fsp3) is 0.833. The van der Waals surface area contributed by atoms with E-state index >= 15 is 0 Å². The van der Waals surface area contributed by atoms with E-state index in [2.05, 4.69) is 0 Å². The second kappa shape index (κ2) is 3.80. The molecule has 0 bridgehead atoms. The van der Waals surface area contributed by atoms with Crippen molar-refractivity contribution in [1.29, 1.82) is 0 Å². The van der Waals surface area contributed by atoms with Crippen LogP contribution in [0.4, 0.5) is 0 Å². The minimum absolute atomic E-state index is 0.494. The van der Waals surface area contributed by atoms with Gasteiger partial charge in [0.2, 0.25) is 5.24 Å². The third kappa shape index (κ3) is 2.65. The molecule has 1 atom stereocenters. The van der Waals surface area contributed by atoms with Crippen LogP contribution in [0.3, 0.4) is 0 Å². The molecule has 60 valence electrons. The van der Waals surface area contributed by atoms with Gasteiger partial charge in [-0.05, 0) is 18.0 Å². The molecule has 1 nitrogen and oxygen atoms in total. The Bertz CT molecular complexity index is 133. The highest BCUT2D eigenvalue weighted by atomic mass is 35.5. The van der Waals surface area contributed by atoms with Crippen molar-refractivity contribution in [1.82, 2.24) is 0 Å². The molecule has 0 aliphatic heterocycles. The van der Waals surface area contributed by atoms with Gasteiger partial charge in [-0.2, -0.15) is 0 Å². The number of carbonyl (C=O) groups excluding carboxylic acids is 1. The normalized spacial score (nSPS) is 14.9. The molecular formula is C6H9Cl3O. The summed E-state index contributed by atoms with van der Waals surface area (Å²) < 4.78 is -1.02. The standard InChI is InChI=1S/C6H9Cl3O/c1-3-6(8,9)4(2)5(7)10/h4H,3H2,1-2H3. The SMILES string of the molecule is CCC(Cl)(Cl)C(C)C(=O)Cl. The largest absolute Gasteiger partial charge is 0.281 e. The summed E-state index contributed by atoms with van der Waals surface area (Å²) >= 11 is 16.6. The van der Waals surface area contributed by atoms with Gasteiger partial charge in [0.25, 0.3) is 0 Å². The van der Waals surface area contributed by atoms with Gasteiger partial charge < -0.3 is 0 Å². The highest BCUT2D eigenvalue weighted by molar-refractivity contribution is 6.66. The van der Waals surface area contributed by atoms with Crippen molar-refractivity contribution in [3.05, 3.63) is 0 Å². The van der Waals surface area contributed by atoms with Gasteiger partial charge in [-0.25, -0.2) is 0 Å². The minimum Gasteiger partial charge on any atom is -0.281 e. The summed E-state index contributed by atoms with van der Waals surface area (Å²) in [5, 5.41) is -0.494. The second-order valence-corrected chi connectivity index (χ2v) is 4.06. The summed E-state index contributed by atoms with van der Waals surface area (Å²) in [6.07, 6.45) is 0.510. The van der Waals surface area contributed by atoms with Crippen LogP contribution in [0.1, 0.15) is 20.3 Å². The summed E-state index contributed by atoms with van der Waals surface area (Å²) in [4.78, 5) is 10.5. The van der Waals surface area contributed by atoms with E-state index in [1.807, 2.05) is 0 Å². The summed E-state index contributed by atoms with van der Waals surface area (Å²) in [6, 6.07) is 0. The molecule has 0 fully saturated rings. The number of hydrogen-bond donors (Lipinski definition) is 0. The first kappa shape index (κ1) is 10.5. The average Bonchev–Trinajstić information content (AvgIpc) is 1.86. The highest BCUT2D eigenvalue weighted by Crippen LogP contribution is 2.34. The van der Waals surface area contributed by atoms with E-state index in [9.17, 15) is 4.79 Å². The molecule has 0 aromatic rings. The van der Waals surface area contributed by atoms with Crippen molar-refractivity contribution >= 4 is 40.0 Å². The zero-order valence-electron chi connectivity index (χ0n) is 5.83. The lowest BCUT2D eigenvalue weighted by Crippen LogP contribution is -2.26. The molecule has 0 aliphatic carbocycles. The van der Waals surface area contributed by atoms with E-state index in [1.165, 1.54) is 0 Å². The van der Waals surface area contributed by atoms with Crippen LogP contribution in [-0.4, -0.2) is 9.58 Å². The van der Waals surface area contributed by atoms with Gasteiger partial charge in [-0.1, -0.05) is 13.8 Å². The van der Waals surface area contributed by atoms with Crippen LogP contribution in [0, 0.1) is 5.92 Å². The Morgan fingerprint density at radius 1 is 1.60 bits per heavy atom. The predicted molar refractivity (Wildman–Crippen MR) is 44.8 cm³/mol. The maximum absolute atomic E-state index is 10.5. The van der Waals surface area contributed by atoms with Gasteiger partial charge in [0.1, 0.15) is 4.33 Å². The van der Waals surface area contributed by atoms with Crippen molar-refractivity contribution in [2.45, 2.75) is 24.6 Å². The second-order valence-electron chi connectivity index (χ2n) is 2.14. The van der Waals surface area contributed by atoms with E-state index in [4.69, 9.17) is 34.8 Å². The summed E-state index contributed by atoms with van der Waals surface area (Å²) in [7, 11) is 0. The topological polar surface area (TPSA) is 17.1 Å². The Balaban J connectivity index is 4.17. The van der Waals surface area contributed by atoms with E-state index in [0.717, 1.165) is 0 Å². The fourth-order valence-corrected chi connectivity index (χ4v) is 0.968. The molecule has 0 heterocycles. The first-order chi connectivity index (χ1) is 4.41. The lowest BCUT2D eigenvalue weighted by Gasteiger charge is -2.21. The smallest absolute Gasteiger partial charge is 0.227 e. The highest BCUT2D eigenvalue weighted by Gasteiger charge is 2.33. The van der Waals surface area contributed by atoms with Gasteiger partial charge in [0.15, 0.2) is 0 Å². The predicted octanol–water partition coefficient (Wildman–Crippen LogP) is 2.97. The van der Waals surface area contributed by atoms with Gasteiger partial charge in [-0.15, -0.1) is 23.2 Å². The number of rotatable bonds is 3. The summed E-state index contributed by atoms with van der Waals surface area (Å²) in [5.74, 6) is -0.512. The van der Waals surface area contributed by atoms with Crippen LogP contribution < -0.4 is 0 Å². The quantitative estimate of drug-likeness (QED) is 0.509. The third-order valence-electron chi connectivity index (χ3n) is 1.45. The Kier molecular flexibility index (Phi) is 4.00. The van der Waals surface area contributed by atoms with Crippen LogP contribution in [0.25, 0.3) is 0 Å². The summed E-state index contributed by atoms with van der Waals surface area (Å²) in [5.41, 5.74) is 0. The Hall–Kier alpha value is 0.540. The number of halogens is 3. The molecule has 0 saturated heterocycles. The van der Waals surface area contributed by atoms with Gasteiger partial charge in [0, 0.05) is 0 Å². The Morgan fingerprint density at radius 2 is 2.00 bits per heavy atom. The molecular weight excluding hydrogens is 194 g/mol. The van der Waals surface area contributed by atoms with Crippen LogP contribution in [0.15, 0.2) is 0 Å². The fourth-order valence-electron chi connectivity index (χ4n) is 0.472. The molecule has 4 heteroatoms. The van der Waals surface area contributed by atoms with E-state index < -0.39 is 15.5 Å². The van der Waals surface area contributed by atoms with E-state index in [0.29, 0.717) is 6.42 Å². The lowest BCUT2D eigenvalue weighted by molar-refractivity contribution is -0.115. The molecule has 0 aromatic heterocycles. The molecule has 0 saturated carbocycles. The van der Waals surface area contributed by atoms with Crippen molar-refractivity contribution in [3.63, 3.8) is 0 Å². The van der Waals surface area contributed by atoms with Crippen LogP contribution in [0.2, 0.25) is 0 Å². The molecule has 0 radical (unpaired) electrons. The first-order valence-electron chi connectivity index (χ1n) is 2.99. The van der Waals surface area contributed by atoms with Crippen molar-refractivity contribution in [2.24, 2.45) is 5.92 Å². The molecule has 0 rings (SSSR count). The zero-order chi connectivity index (χ0) is 8.36. The zero-order valence-corrected chi connectivity index (χ0v) is 8.09. The maximum Gasteiger partial charge on any atom is 0.227 e. The maximum atomic E-state index is 10.5. The molecule has 10 heavy (non-hydrogen) atoms. The van der Waals surface area contributed by atoms with Gasteiger partial charge in [-0.3, -0.25) is 4.79 Å². The Labute approximate surface area is 75.6 Å². The molecule has 0 N–H and O–H groups in total. The third-order valence-corrected chi connectivity index (χ3v) is 2.96. The minimum atomic E-state index is -1.02. The summed E-state index contributed by atoms with van der Waals surface area (Å²) in [6.45, 7) is 3.41. The van der Waals surface area contributed by atoms with E-state index in [1.54, 1.807) is 13.8 Å². The average molecular weight is 203 g/mol.